The summed E-state index contributed by atoms with van der Waals surface area (Å²) >= 11 is -1.88. The molecule has 23 heavy (non-hydrogen) atoms. The molecule has 0 aromatic heterocycles. The van der Waals surface area contributed by atoms with E-state index in [1.54, 1.807) is 11.1 Å². The number of fused-ring (bicyclic) bond motifs is 3. The Labute approximate surface area is 153 Å². The molecule has 2 aromatic rings. The maximum absolute atomic E-state index is 2.45. The Morgan fingerprint density at radius 2 is 1.35 bits per heavy atom. The fourth-order valence-electron chi connectivity index (χ4n) is 4.50. The third-order valence-electron chi connectivity index (χ3n) is 5.59. The van der Waals surface area contributed by atoms with E-state index in [9.17, 15) is 0 Å². The molecule has 1 heterocycles. The average molecular weight is 379 g/mol. The molecule has 0 radical (unpaired) electrons. The van der Waals surface area contributed by atoms with Crippen molar-refractivity contribution in [2.24, 2.45) is 0 Å². The maximum Gasteiger partial charge on any atom is -0.147 e. The largest absolute Gasteiger partial charge is 0.147 e. The van der Waals surface area contributed by atoms with Crippen LogP contribution in [0.2, 0.25) is 9.45 Å². The molecule has 3 aliphatic rings. The van der Waals surface area contributed by atoms with Crippen LogP contribution in [0.5, 0.6) is 0 Å². The minimum atomic E-state index is -1.88. The van der Waals surface area contributed by atoms with Crippen LogP contribution in [0.25, 0.3) is 11.1 Å². The third kappa shape index (κ3) is 2.39. The zero-order valence-corrected chi connectivity index (χ0v) is 16.1. The van der Waals surface area contributed by atoms with Gasteiger partial charge < -0.3 is 0 Å². The SMILES string of the molecule is C1=CC[C]([Ti]2([CH]3c4ccccc4-c4ccccc43)[CH2][CH2]2)=C1.Cl.Cl. The summed E-state index contributed by atoms with van der Waals surface area (Å²) in [4.78, 5) is 0. The van der Waals surface area contributed by atoms with Gasteiger partial charge in [-0.25, -0.2) is 0 Å². The van der Waals surface area contributed by atoms with E-state index in [-0.39, 0.29) is 24.8 Å². The summed E-state index contributed by atoms with van der Waals surface area (Å²) in [6, 6.07) is 18.3. The summed E-state index contributed by atoms with van der Waals surface area (Å²) in [7, 11) is 0. The molecule has 0 nitrogen and oxygen atoms in total. The van der Waals surface area contributed by atoms with Crippen molar-refractivity contribution < 1.29 is 16.6 Å². The van der Waals surface area contributed by atoms with Crippen molar-refractivity contribution in [2.75, 3.05) is 0 Å². The summed E-state index contributed by atoms with van der Waals surface area (Å²) in [6.07, 6.45) is 8.33. The van der Waals surface area contributed by atoms with E-state index < -0.39 is 16.6 Å². The van der Waals surface area contributed by atoms with Gasteiger partial charge in [-0.15, -0.1) is 24.8 Å². The van der Waals surface area contributed by atoms with Gasteiger partial charge >= 0.3 is 130 Å². The standard InChI is InChI=1S/C13H9.C5H5.C2H4.2ClH.Ti/c1-3-7-12-10(5-1)9-11-6-2-4-8-13(11)12;1-2-4-5-3-1;1-2;;;/h1-9H;1-3H,4H2;1-2H2;2*1H;. The molecule has 2 aromatic carbocycles. The fourth-order valence-corrected chi connectivity index (χ4v) is 13.3. The molecule has 5 rings (SSSR count). The molecule has 0 unspecified atom stereocenters. The molecule has 2 aliphatic carbocycles. The summed E-state index contributed by atoms with van der Waals surface area (Å²) in [6.45, 7) is 0. The van der Waals surface area contributed by atoms with Crippen LogP contribution in [0.15, 0.2) is 70.6 Å². The van der Waals surface area contributed by atoms with Crippen LogP contribution in [0.3, 0.4) is 0 Å². The first kappa shape index (κ1) is 17.1. The molecule has 1 aliphatic heterocycles. The Balaban J connectivity index is 0.000000781. The van der Waals surface area contributed by atoms with Gasteiger partial charge in [0.05, 0.1) is 0 Å². The number of halogens is 2. The first-order valence-electron chi connectivity index (χ1n) is 7.94. The summed E-state index contributed by atoms with van der Waals surface area (Å²) in [5, 5.41) is 0. The Kier molecular flexibility index (Phi) is 4.64. The first-order chi connectivity index (χ1) is 10.4. The normalized spacial score (nSPS) is 19.2. The minimum absolute atomic E-state index is 0. The summed E-state index contributed by atoms with van der Waals surface area (Å²) < 4.78 is 5.65. The number of hydrogen-bond donors (Lipinski definition) is 0. The molecule has 0 atom stereocenters. The monoisotopic (exact) mass is 378 g/mol. The Bertz CT molecular complexity index is 757. The molecule has 0 bridgehead atoms. The number of rotatable bonds is 2. The van der Waals surface area contributed by atoms with Crippen molar-refractivity contribution in [2.45, 2.75) is 20.1 Å². The molecular weight excluding hydrogens is 359 g/mol. The Hall–Kier alpha value is -0.786. The van der Waals surface area contributed by atoms with E-state index in [4.69, 9.17) is 0 Å². The van der Waals surface area contributed by atoms with Gasteiger partial charge in [0, 0.05) is 0 Å². The van der Waals surface area contributed by atoms with Crippen LogP contribution in [-0.2, 0) is 16.6 Å². The van der Waals surface area contributed by atoms with Crippen molar-refractivity contribution in [1.82, 2.24) is 0 Å². The van der Waals surface area contributed by atoms with Crippen molar-refractivity contribution in [3.8, 4) is 11.1 Å². The van der Waals surface area contributed by atoms with E-state index in [1.165, 1.54) is 27.0 Å². The van der Waals surface area contributed by atoms with E-state index in [0.717, 1.165) is 4.22 Å². The Morgan fingerprint density at radius 3 is 1.83 bits per heavy atom. The molecule has 1 saturated heterocycles. The van der Waals surface area contributed by atoms with Gasteiger partial charge in [0.2, 0.25) is 0 Å². The second-order valence-corrected chi connectivity index (χ2v) is 13.7. The van der Waals surface area contributed by atoms with Gasteiger partial charge in [0.15, 0.2) is 0 Å². The Morgan fingerprint density at radius 1 is 0.783 bits per heavy atom. The quantitative estimate of drug-likeness (QED) is 0.527. The van der Waals surface area contributed by atoms with Crippen LogP contribution in [0, 0.1) is 0 Å². The predicted octanol–water partition coefficient (Wildman–Crippen LogP) is 6.45. The molecular formula is C20H20Cl2Ti. The zero-order valence-electron chi connectivity index (χ0n) is 12.9. The maximum atomic E-state index is 2.45. The van der Waals surface area contributed by atoms with Gasteiger partial charge in [-0.1, -0.05) is 0 Å². The van der Waals surface area contributed by atoms with Crippen LogP contribution < -0.4 is 0 Å². The number of allylic oxidation sites excluding steroid dienone is 4. The van der Waals surface area contributed by atoms with Crippen LogP contribution in [-0.4, -0.2) is 0 Å². The molecule has 0 saturated carbocycles. The third-order valence-corrected chi connectivity index (χ3v) is 13.3. The van der Waals surface area contributed by atoms with Gasteiger partial charge in [-0.3, -0.25) is 0 Å². The van der Waals surface area contributed by atoms with E-state index in [0.29, 0.717) is 0 Å². The molecule has 1 fully saturated rings. The van der Waals surface area contributed by atoms with Gasteiger partial charge in [0.1, 0.15) is 0 Å². The summed E-state index contributed by atoms with van der Waals surface area (Å²) in [5.41, 5.74) is 6.26. The van der Waals surface area contributed by atoms with E-state index in [1.807, 2.05) is 3.88 Å². The average Bonchev–Trinajstić information content (AvgIpc) is 3.02. The topological polar surface area (TPSA) is 0 Å². The molecule has 0 amide bonds. The molecule has 3 heteroatoms. The van der Waals surface area contributed by atoms with Crippen molar-refractivity contribution in [3.63, 3.8) is 0 Å². The smallest absolute Gasteiger partial charge is 0.147 e. The van der Waals surface area contributed by atoms with Crippen LogP contribution >= 0.6 is 24.8 Å². The zero-order chi connectivity index (χ0) is 13.9. The second kappa shape index (κ2) is 6.26. The summed E-state index contributed by atoms with van der Waals surface area (Å²) in [5.74, 6) is 0. The number of benzene rings is 2. The van der Waals surface area contributed by atoms with Crippen molar-refractivity contribution in [3.05, 3.63) is 81.8 Å². The fraction of sp³-hybridized carbons (Fsp3) is 0.200. The number of hydrogen-bond acceptors (Lipinski definition) is 0. The molecule has 0 spiro atoms. The molecule has 118 valence electrons. The van der Waals surface area contributed by atoms with Crippen LogP contribution in [0.1, 0.15) is 21.8 Å². The van der Waals surface area contributed by atoms with Gasteiger partial charge in [-0.2, -0.15) is 0 Å². The van der Waals surface area contributed by atoms with E-state index in [2.05, 4.69) is 66.8 Å². The first-order valence-corrected chi connectivity index (χ1v) is 11.8. The predicted molar refractivity (Wildman–Crippen MR) is 99.7 cm³/mol. The van der Waals surface area contributed by atoms with Crippen molar-refractivity contribution in [1.29, 1.82) is 0 Å². The van der Waals surface area contributed by atoms with Gasteiger partial charge in [-0.05, 0) is 0 Å². The van der Waals surface area contributed by atoms with Crippen molar-refractivity contribution >= 4 is 24.8 Å². The van der Waals surface area contributed by atoms with Crippen LogP contribution in [0.4, 0.5) is 0 Å². The minimum Gasteiger partial charge on any atom is -0.147 e. The van der Waals surface area contributed by atoms with E-state index >= 15 is 0 Å². The van der Waals surface area contributed by atoms with Gasteiger partial charge in [0.25, 0.3) is 0 Å². The second-order valence-electron chi connectivity index (χ2n) is 6.59. The molecule has 0 N–H and O–H groups in total.